The quantitative estimate of drug-likeness (QED) is 0.463. The Morgan fingerprint density at radius 3 is 2.75 bits per heavy atom. The zero-order valence-corrected chi connectivity index (χ0v) is 19.7. The van der Waals surface area contributed by atoms with E-state index in [1.807, 2.05) is 6.07 Å². The van der Waals surface area contributed by atoms with Crippen LogP contribution >= 0.6 is 11.6 Å². The largest absolute Gasteiger partial charge is 0.468 e. The lowest BCUT2D eigenvalue weighted by Crippen LogP contribution is -2.46. The molecule has 0 amide bonds. The Kier molecular flexibility index (Phi) is 5.18. The Bertz CT molecular complexity index is 1350. The molecule has 10 nitrogen and oxygen atoms in total. The number of aromatic nitrogens is 3. The van der Waals surface area contributed by atoms with E-state index in [4.69, 9.17) is 35.3 Å². The van der Waals surface area contributed by atoms with Crippen molar-refractivity contribution in [1.29, 1.82) is 0 Å². The number of aliphatic hydroxyl groups excluding tert-OH is 1. The second-order valence-corrected chi connectivity index (χ2v) is 10.1. The molecule has 4 aliphatic rings. The molecule has 5 atom stereocenters. The minimum absolute atomic E-state index is 0.140. The first-order chi connectivity index (χ1) is 17.4. The van der Waals surface area contributed by atoms with E-state index in [0.29, 0.717) is 35.1 Å². The third-order valence-corrected chi connectivity index (χ3v) is 7.57. The van der Waals surface area contributed by atoms with Crippen molar-refractivity contribution in [2.24, 2.45) is 0 Å². The number of aryl methyl sites for hydroxylation is 1. The van der Waals surface area contributed by atoms with Gasteiger partial charge in [-0.1, -0.05) is 17.7 Å². The average Bonchev–Trinajstić information content (AvgIpc) is 3.59. The van der Waals surface area contributed by atoms with Crippen molar-refractivity contribution in [2.45, 2.75) is 49.0 Å². The van der Waals surface area contributed by atoms with Crippen molar-refractivity contribution in [3.8, 4) is 11.9 Å². The van der Waals surface area contributed by atoms with Crippen LogP contribution in [0.3, 0.4) is 0 Å². The van der Waals surface area contributed by atoms with Crippen LogP contribution in [-0.2, 0) is 26.2 Å². The van der Waals surface area contributed by atoms with Crippen LogP contribution in [0.2, 0.25) is 5.02 Å². The topological polar surface area (TPSA) is 128 Å². The predicted molar refractivity (Wildman–Crippen MR) is 122 cm³/mol. The number of hydrogen-bond acceptors (Lipinski definition) is 9. The Labute approximate surface area is 209 Å². The Hall–Kier alpha value is -2.54. The summed E-state index contributed by atoms with van der Waals surface area (Å²) in [5.41, 5.74) is 1.49. The number of imidazole rings is 1. The van der Waals surface area contributed by atoms with Crippen LogP contribution in [0.4, 0.5) is 4.39 Å². The van der Waals surface area contributed by atoms with Crippen LogP contribution in [0.5, 0.6) is 11.9 Å². The van der Waals surface area contributed by atoms with E-state index < -0.39 is 35.8 Å². The third-order valence-electron chi connectivity index (χ3n) is 7.30. The molecule has 12 heteroatoms. The van der Waals surface area contributed by atoms with Gasteiger partial charge in [0.1, 0.15) is 40.9 Å². The van der Waals surface area contributed by atoms with Gasteiger partial charge in [0.15, 0.2) is 11.8 Å². The van der Waals surface area contributed by atoms with E-state index in [0.717, 1.165) is 5.56 Å². The highest BCUT2D eigenvalue weighted by atomic mass is 35.5. The number of nitrogens with zero attached hydrogens (tertiary/aromatic N) is 2. The van der Waals surface area contributed by atoms with Gasteiger partial charge in [-0.2, -0.15) is 9.97 Å². The van der Waals surface area contributed by atoms with E-state index in [2.05, 4.69) is 15.0 Å². The molecular formula is C24H23ClFN3O7. The number of pyridine rings is 1. The molecule has 1 unspecified atom stereocenters. The molecule has 0 bridgehead atoms. The van der Waals surface area contributed by atoms with Gasteiger partial charge in [0.2, 0.25) is 5.88 Å². The van der Waals surface area contributed by atoms with Crippen LogP contribution in [-0.4, -0.2) is 76.0 Å². The van der Waals surface area contributed by atoms with Crippen LogP contribution in [0.25, 0.3) is 11.2 Å². The second kappa shape index (κ2) is 8.23. The van der Waals surface area contributed by atoms with Crippen molar-refractivity contribution < 1.29 is 38.3 Å². The summed E-state index contributed by atoms with van der Waals surface area (Å²) in [5.74, 6) is -0.296. The number of aliphatic hydroxyl groups is 2. The van der Waals surface area contributed by atoms with Gasteiger partial charge in [-0.25, -0.2) is 4.39 Å². The van der Waals surface area contributed by atoms with E-state index in [1.54, 1.807) is 6.07 Å². The van der Waals surface area contributed by atoms with Crippen LogP contribution in [0.1, 0.15) is 29.2 Å². The van der Waals surface area contributed by atoms with Gasteiger partial charge in [0, 0.05) is 5.56 Å². The summed E-state index contributed by atoms with van der Waals surface area (Å²) in [6, 6.07) is 5.02. The maximum Gasteiger partial charge on any atom is 0.296 e. The van der Waals surface area contributed by atoms with Crippen LogP contribution in [0, 0.1) is 5.82 Å². The lowest BCUT2D eigenvalue weighted by Gasteiger charge is -2.37. The number of hydrogen-bond donors (Lipinski definition) is 3. The van der Waals surface area contributed by atoms with Crippen molar-refractivity contribution >= 4 is 22.8 Å². The molecule has 3 saturated heterocycles. The number of ether oxygens (including phenoxy) is 5. The molecule has 1 aliphatic carbocycles. The standard InChI is InChI=1S/C24H23ClFN3O7/c25-12-5-14-21(29-23(27-14)36-17-7-34-19-15(30)6-33-20(17)19)28-22(12)35-16-2-1-10-3-11(4-13(26)18(10)16)24(31)8-32-9-24/h3-5,15-17,19-20,30-31H,1-2,6-9H2,(H,27,28,29)/t15-,16?,17-,19-,20-/m1/s1. The smallest absolute Gasteiger partial charge is 0.296 e. The molecule has 36 heavy (non-hydrogen) atoms. The molecule has 7 rings (SSSR count). The lowest BCUT2D eigenvalue weighted by molar-refractivity contribution is -0.184. The van der Waals surface area contributed by atoms with Crippen LogP contribution < -0.4 is 9.47 Å². The van der Waals surface area contributed by atoms with E-state index in [-0.39, 0.29) is 49.4 Å². The lowest BCUT2D eigenvalue weighted by atomic mass is 9.89. The monoisotopic (exact) mass is 519 g/mol. The number of H-pyrrole nitrogens is 1. The van der Waals surface area contributed by atoms with E-state index in [9.17, 15) is 10.2 Å². The molecule has 5 heterocycles. The first-order valence-corrected chi connectivity index (χ1v) is 12.2. The zero-order chi connectivity index (χ0) is 24.6. The highest BCUT2D eigenvalue weighted by molar-refractivity contribution is 6.32. The molecule has 1 aromatic carbocycles. The molecule has 0 spiro atoms. The first-order valence-electron chi connectivity index (χ1n) is 11.8. The van der Waals surface area contributed by atoms with E-state index >= 15 is 4.39 Å². The SMILES string of the molecule is O[C@@H]1CO[C@H]2[C@@H]1OC[C@H]2Oc1nc2nc(OC3CCc4cc(C5(O)COC5)cc(F)c43)c(Cl)cc2[nH]1. The average molecular weight is 520 g/mol. The summed E-state index contributed by atoms with van der Waals surface area (Å²) < 4.78 is 43.4. The maximum atomic E-state index is 15.1. The summed E-state index contributed by atoms with van der Waals surface area (Å²) in [7, 11) is 0. The molecular weight excluding hydrogens is 497 g/mol. The van der Waals surface area contributed by atoms with Gasteiger partial charge in [-0.05, 0) is 36.1 Å². The minimum Gasteiger partial charge on any atom is -0.468 e. The van der Waals surface area contributed by atoms with Gasteiger partial charge in [0.25, 0.3) is 6.01 Å². The van der Waals surface area contributed by atoms with Crippen molar-refractivity contribution in [1.82, 2.24) is 15.0 Å². The van der Waals surface area contributed by atoms with Gasteiger partial charge < -0.3 is 38.9 Å². The molecule has 3 N–H and O–H groups in total. The van der Waals surface area contributed by atoms with Crippen molar-refractivity contribution in [2.75, 3.05) is 26.4 Å². The molecule has 190 valence electrons. The minimum atomic E-state index is -1.14. The number of fused-ring (bicyclic) bond motifs is 3. The fourth-order valence-electron chi connectivity index (χ4n) is 5.36. The van der Waals surface area contributed by atoms with Gasteiger partial charge in [-0.15, -0.1) is 0 Å². The number of nitrogens with one attached hydrogen (secondary N) is 1. The summed E-state index contributed by atoms with van der Waals surface area (Å²) in [4.78, 5) is 11.9. The summed E-state index contributed by atoms with van der Waals surface area (Å²) >= 11 is 6.44. The zero-order valence-electron chi connectivity index (χ0n) is 18.9. The molecule has 0 radical (unpaired) electrons. The van der Waals surface area contributed by atoms with Crippen molar-refractivity contribution in [3.63, 3.8) is 0 Å². The maximum absolute atomic E-state index is 15.1. The highest BCUT2D eigenvalue weighted by Gasteiger charge is 2.48. The second-order valence-electron chi connectivity index (χ2n) is 9.71. The van der Waals surface area contributed by atoms with E-state index in [1.165, 1.54) is 6.07 Å². The van der Waals surface area contributed by atoms with Gasteiger partial charge in [-0.3, -0.25) is 0 Å². The van der Waals surface area contributed by atoms with Gasteiger partial charge in [0.05, 0.1) is 31.9 Å². The first kappa shape index (κ1) is 22.6. The number of rotatable bonds is 5. The molecule has 0 saturated carbocycles. The van der Waals surface area contributed by atoms with Crippen LogP contribution in [0.15, 0.2) is 18.2 Å². The predicted octanol–water partition coefficient (Wildman–Crippen LogP) is 1.94. The third kappa shape index (κ3) is 3.57. The highest BCUT2D eigenvalue weighted by Crippen LogP contribution is 2.41. The summed E-state index contributed by atoms with van der Waals surface area (Å²) in [6.07, 6.45) is -1.31. The summed E-state index contributed by atoms with van der Waals surface area (Å²) in [5, 5.41) is 20.7. The van der Waals surface area contributed by atoms with Crippen molar-refractivity contribution in [3.05, 3.63) is 45.7 Å². The number of halogens is 2. The Morgan fingerprint density at radius 1 is 1.11 bits per heavy atom. The molecule has 2 aromatic heterocycles. The molecule has 3 aliphatic heterocycles. The fourth-order valence-corrected chi connectivity index (χ4v) is 5.56. The Morgan fingerprint density at radius 2 is 1.94 bits per heavy atom. The molecule has 3 fully saturated rings. The fraction of sp³-hybridized carbons (Fsp3) is 0.500. The number of benzene rings is 1. The molecule has 3 aromatic rings. The Balaban J connectivity index is 1.11. The van der Waals surface area contributed by atoms with Gasteiger partial charge >= 0.3 is 0 Å². The number of aromatic amines is 1. The normalized spacial score (nSPS) is 30.3. The summed E-state index contributed by atoms with van der Waals surface area (Å²) in [6.45, 7) is 0.785.